The number of carbonyl (C=O) groups is 1. The van der Waals surface area contributed by atoms with Gasteiger partial charge in [0.05, 0.1) is 23.4 Å². The first-order chi connectivity index (χ1) is 9.67. The second-order valence-electron chi connectivity index (χ2n) is 4.82. The molecular formula is C15H16N2O2S. The summed E-state index contributed by atoms with van der Waals surface area (Å²) in [5.41, 5.74) is 8.34. The number of hydrogen-bond acceptors (Lipinski definition) is 4. The molecule has 1 aliphatic rings. The number of methoxy groups -OCH3 is 1. The zero-order valence-corrected chi connectivity index (χ0v) is 12.0. The number of thiophene rings is 1. The molecule has 0 bridgehead atoms. The lowest BCUT2D eigenvalue weighted by Crippen LogP contribution is -2.11. The van der Waals surface area contributed by atoms with Gasteiger partial charge in [-0.15, -0.1) is 11.3 Å². The van der Waals surface area contributed by atoms with Crippen LogP contribution in [0, 0.1) is 0 Å². The number of benzene rings is 1. The van der Waals surface area contributed by atoms with Gasteiger partial charge in [-0.1, -0.05) is 0 Å². The molecule has 1 aromatic carbocycles. The third-order valence-electron chi connectivity index (χ3n) is 3.48. The maximum absolute atomic E-state index is 12.2. The van der Waals surface area contributed by atoms with Gasteiger partial charge in [-0.25, -0.2) is 0 Å². The Morgan fingerprint density at radius 1 is 1.35 bits per heavy atom. The Balaban J connectivity index is 1.78. The lowest BCUT2D eigenvalue weighted by molar-refractivity contribution is 0.103. The monoisotopic (exact) mass is 288 g/mol. The topological polar surface area (TPSA) is 64.3 Å². The minimum absolute atomic E-state index is 0.0960. The molecule has 3 rings (SSSR count). The highest BCUT2D eigenvalue weighted by molar-refractivity contribution is 7.14. The fraction of sp³-hybridized carbons (Fsp3) is 0.267. The van der Waals surface area contributed by atoms with Crippen molar-refractivity contribution in [3.63, 3.8) is 0 Å². The number of amides is 1. The highest BCUT2D eigenvalue weighted by atomic mass is 32.1. The van der Waals surface area contributed by atoms with E-state index < -0.39 is 0 Å². The summed E-state index contributed by atoms with van der Waals surface area (Å²) in [7, 11) is 1.58. The van der Waals surface area contributed by atoms with Crippen LogP contribution in [0.5, 0.6) is 5.75 Å². The van der Waals surface area contributed by atoms with Crippen LogP contribution in [0.2, 0.25) is 0 Å². The number of nitrogen functional groups attached to an aromatic ring is 1. The van der Waals surface area contributed by atoms with Gasteiger partial charge in [0.15, 0.2) is 0 Å². The molecule has 4 nitrogen and oxygen atoms in total. The average Bonchev–Trinajstić information content (AvgIpc) is 3.01. The number of rotatable bonds is 3. The van der Waals surface area contributed by atoms with Crippen LogP contribution in [0.4, 0.5) is 11.4 Å². The average molecular weight is 288 g/mol. The number of anilines is 2. The van der Waals surface area contributed by atoms with Gasteiger partial charge < -0.3 is 15.8 Å². The van der Waals surface area contributed by atoms with Crippen molar-refractivity contribution in [1.29, 1.82) is 0 Å². The molecule has 1 aromatic heterocycles. The molecule has 1 amide bonds. The Bertz CT molecular complexity index is 642. The number of carbonyl (C=O) groups excluding carboxylic acids is 1. The number of nitrogens with one attached hydrogen (secondary N) is 1. The first-order valence-corrected chi connectivity index (χ1v) is 7.35. The van der Waals surface area contributed by atoms with Crippen LogP contribution in [0.3, 0.4) is 0 Å². The van der Waals surface area contributed by atoms with E-state index in [4.69, 9.17) is 10.5 Å². The second-order valence-corrected chi connectivity index (χ2v) is 5.96. The van der Waals surface area contributed by atoms with Crippen LogP contribution in [0.15, 0.2) is 24.3 Å². The lowest BCUT2D eigenvalue weighted by Gasteiger charge is -2.08. The molecule has 1 aliphatic carbocycles. The normalized spacial score (nSPS) is 13.1. The maximum atomic E-state index is 12.2. The molecule has 0 spiro atoms. The summed E-state index contributed by atoms with van der Waals surface area (Å²) >= 11 is 1.59. The van der Waals surface area contributed by atoms with Crippen LogP contribution in [0.25, 0.3) is 0 Å². The highest BCUT2D eigenvalue weighted by Crippen LogP contribution is 2.31. The third-order valence-corrected chi connectivity index (χ3v) is 4.71. The minimum Gasteiger partial charge on any atom is -0.497 e. The van der Waals surface area contributed by atoms with Crippen molar-refractivity contribution in [2.24, 2.45) is 0 Å². The van der Waals surface area contributed by atoms with Crippen LogP contribution in [-0.2, 0) is 12.8 Å². The molecule has 104 valence electrons. The Morgan fingerprint density at radius 2 is 2.20 bits per heavy atom. The zero-order valence-electron chi connectivity index (χ0n) is 11.2. The predicted octanol–water partition coefficient (Wildman–Crippen LogP) is 3.08. The maximum Gasteiger partial charge on any atom is 0.265 e. The van der Waals surface area contributed by atoms with Crippen LogP contribution < -0.4 is 15.8 Å². The Morgan fingerprint density at radius 3 is 2.90 bits per heavy atom. The Hall–Kier alpha value is -2.01. The Labute approximate surface area is 121 Å². The summed E-state index contributed by atoms with van der Waals surface area (Å²) in [6, 6.07) is 7.24. The number of fused-ring (bicyclic) bond motifs is 1. The molecule has 2 aromatic rings. The molecule has 0 aliphatic heterocycles. The van der Waals surface area contributed by atoms with Crippen LogP contribution in [0.1, 0.15) is 26.5 Å². The summed E-state index contributed by atoms with van der Waals surface area (Å²) in [4.78, 5) is 14.3. The van der Waals surface area contributed by atoms with Gasteiger partial charge in [0, 0.05) is 10.9 Å². The van der Waals surface area contributed by atoms with E-state index in [0.717, 1.165) is 17.7 Å². The van der Waals surface area contributed by atoms with Crippen LogP contribution >= 0.6 is 11.3 Å². The van der Waals surface area contributed by atoms with Crippen molar-refractivity contribution in [3.05, 3.63) is 39.6 Å². The van der Waals surface area contributed by atoms with Gasteiger partial charge in [-0.3, -0.25) is 4.79 Å². The second kappa shape index (κ2) is 5.17. The molecular weight excluding hydrogens is 272 g/mol. The number of nitrogens with two attached hydrogens (primary N) is 1. The van der Waals surface area contributed by atoms with E-state index >= 15 is 0 Å². The molecule has 20 heavy (non-hydrogen) atoms. The number of ether oxygens (including phenoxy) is 1. The predicted molar refractivity (Wildman–Crippen MR) is 81.7 cm³/mol. The van der Waals surface area contributed by atoms with E-state index in [9.17, 15) is 4.79 Å². The highest BCUT2D eigenvalue weighted by Gasteiger charge is 2.18. The molecule has 0 radical (unpaired) electrons. The van der Waals surface area contributed by atoms with Crippen LogP contribution in [-0.4, -0.2) is 13.0 Å². The number of aryl methyl sites for hydroxylation is 2. The summed E-state index contributed by atoms with van der Waals surface area (Å²) in [5.74, 6) is 0.580. The van der Waals surface area contributed by atoms with Crippen molar-refractivity contribution >= 4 is 28.6 Å². The zero-order chi connectivity index (χ0) is 14.1. The SMILES string of the molecule is COc1ccc(NC(=O)c2cc3c(s2)CCC3)c(N)c1. The van der Waals surface area contributed by atoms with Gasteiger partial charge in [0.2, 0.25) is 0 Å². The standard InChI is InChI=1S/C15H16N2O2S/c1-19-10-5-6-12(11(16)8-10)17-15(18)14-7-9-3-2-4-13(9)20-14/h5-8H,2-4,16H2,1H3,(H,17,18). The Kier molecular flexibility index (Phi) is 3.36. The first-order valence-electron chi connectivity index (χ1n) is 6.54. The van der Waals surface area contributed by atoms with E-state index in [-0.39, 0.29) is 5.91 Å². The van der Waals surface area contributed by atoms with Gasteiger partial charge in [0.25, 0.3) is 5.91 Å². The summed E-state index contributed by atoms with van der Waals surface area (Å²) in [5, 5.41) is 2.86. The molecule has 3 N–H and O–H groups in total. The smallest absolute Gasteiger partial charge is 0.265 e. The molecule has 0 saturated carbocycles. The lowest BCUT2D eigenvalue weighted by atomic mass is 10.2. The van der Waals surface area contributed by atoms with Crippen molar-refractivity contribution in [2.45, 2.75) is 19.3 Å². The van der Waals surface area contributed by atoms with E-state index in [1.54, 1.807) is 36.6 Å². The largest absolute Gasteiger partial charge is 0.497 e. The van der Waals surface area contributed by atoms with E-state index in [0.29, 0.717) is 17.1 Å². The molecule has 5 heteroatoms. The van der Waals surface area contributed by atoms with Crippen molar-refractivity contribution < 1.29 is 9.53 Å². The van der Waals surface area contributed by atoms with Gasteiger partial charge in [-0.05, 0) is 43.0 Å². The molecule has 1 heterocycles. The summed E-state index contributed by atoms with van der Waals surface area (Å²) in [6.45, 7) is 0. The third kappa shape index (κ3) is 2.36. The summed E-state index contributed by atoms with van der Waals surface area (Å²) < 4.78 is 5.09. The summed E-state index contributed by atoms with van der Waals surface area (Å²) in [6.07, 6.45) is 3.39. The molecule has 0 unspecified atom stereocenters. The van der Waals surface area contributed by atoms with E-state index in [1.165, 1.54) is 16.9 Å². The fourth-order valence-electron chi connectivity index (χ4n) is 2.41. The molecule has 0 atom stereocenters. The van der Waals surface area contributed by atoms with E-state index in [1.807, 2.05) is 6.07 Å². The van der Waals surface area contributed by atoms with Crippen molar-refractivity contribution in [1.82, 2.24) is 0 Å². The minimum atomic E-state index is -0.0960. The van der Waals surface area contributed by atoms with E-state index in [2.05, 4.69) is 5.32 Å². The number of hydrogen-bond donors (Lipinski definition) is 2. The molecule has 0 saturated heterocycles. The van der Waals surface area contributed by atoms with Crippen molar-refractivity contribution in [3.8, 4) is 5.75 Å². The van der Waals surface area contributed by atoms with Gasteiger partial charge in [-0.2, -0.15) is 0 Å². The van der Waals surface area contributed by atoms with Gasteiger partial charge >= 0.3 is 0 Å². The quantitative estimate of drug-likeness (QED) is 0.853. The molecule has 0 fully saturated rings. The first kappa shape index (κ1) is 13.0. The van der Waals surface area contributed by atoms with Crippen molar-refractivity contribution in [2.75, 3.05) is 18.2 Å². The fourth-order valence-corrected chi connectivity index (χ4v) is 3.56. The van der Waals surface area contributed by atoms with Gasteiger partial charge in [0.1, 0.15) is 5.75 Å².